The van der Waals surface area contributed by atoms with Gasteiger partial charge in [0.15, 0.2) is 0 Å². The lowest BCUT2D eigenvalue weighted by Crippen LogP contribution is -2.17. The Bertz CT molecular complexity index is 420. The highest BCUT2D eigenvalue weighted by Gasteiger charge is 2.07. The molecule has 0 saturated heterocycles. The van der Waals surface area contributed by atoms with E-state index < -0.39 is 0 Å². The van der Waals surface area contributed by atoms with Gasteiger partial charge in [-0.3, -0.25) is 0 Å². The van der Waals surface area contributed by atoms with Gasteiger partial charge in [0.1, 0.15) is 11.5 Å². The second-order valence-corrected chi connectivity index (χ2v) is 3.73. The summed E-state index contributed by atoms with van der Waals surface area (Å²) in [7, 11) is 0. The van der Waals surface area contributed by atoms with Crippen LogP contribution in [-0.2, 0) is 6.42 Å². The van der Waals surface area contributed by atoms with Crippen LogP contribution in [0, 0.1) is 0 Å². The highest BCUT2D eigenvalue weighted by atomic mass is 16.5. The lowest BCUT2D eigenvalue weighted by molar-refractivity contribution is 0.378. The molecule has 2 rings (SSSR count). The summed E-state index contributed by atoms with van der Waals surface area (Å²) in [6.07, 6.45) is 0.722. The maximum Gasteiger partial charge on any atom is 0.138 e. The molecule has 0 amide bonds. The number of aromatic nitrogens is 1. The van der Waals surface area contributed by atoms with Crippen molar-refractivity contribution in [3.63, 3.8) is 0 Å². The molecule has 0 fully saturated rings. The first-order valence-electron chi connectivity index (χ1n) is 5.02. The van der Waals surface area contributed by atoms with E-state index in [9.17, 15) is 0 Å². The maximum atomic E-state index is 5.68. The minimum atomic E-state index is 0.0987. The van der Waals surface area contributed by atoms with Crippen LogP contribution in [0.25, 0.3) is 11.3 Å². The van der Waals surface area contributed by atoms with E-state index in [4.69, 9.17) is 10.3 Å². The lowest BCUT2D eigenvalue weighted by atomic mass is 10.1. The summed E-state index contributed by atoms with van der Waals surface area (Å²) in [6, 6.07) is 12.0. The summed E-state index contributed by atoms with van der Waals surface area (Å²) >= 11 is 0. The van der Waals surface area contributed by atoms with E-state index in [0.29, 0.717) is 0 Å². The number of hydrogen-bond donors (Lipinski definition) is 1. The third-order valence-electron chi connectivity index (χ3n) is 2.15. The summed E-state index contributed by atoms with van der Waals surface area (Å²) in [5.74, 6) is 0.837. The second kappa shape index (κ2) is 4.28. The van der Waals surface area contributed by atoms with Crippen molar-refractivity contribution in [1.82, 2.24) is 5.16 Å². The Morgan fingerprint density at radius 1 is 1.33 bits per heavy atom. The number of rotatable bonds is 3. The predicted molar refractivity (Wildman–Crippen MR) is 59.3 cm³/mol. The monoisotopic (exact) mass is 202 g/mol. The fraction of sp³-hybridized carbons (Fsp3) is 0.250. The van der Waals surface area contributed by atoms with Gasteiger partial charge >= 0.3 is 0 Å². The first kappa shape index (κ1) is 9.93. The average Bonchev–Trinajstić information content (AvgIpc) is 2.67. The van der Waals surface area contributed by atoms with Crippen LogP contribution >= 0.6 is 0 Å². The van der Waals surface area contributed by atoms with Crippen molar-refractivity contribution in [3.8, 4) is 11.3 Å². The van der Waals surface area contributed by atoms with Crippen LogP contribution in [0.3, 0.4) is 0 Å². The van der Waals surface area contributed by atoms with Gasteiger partial charge in [-0.2, -0.15) is 0 Å². The highest BCUT2D eigenvalue weighted by molar-refractivity contribution is 5.58. The molecule has 3 nitrogen and oxygen atoms in total. The molecule has 0 bridgehead atoms. The summed E-state index contributed by atoms with van der Waals surface area (Å²) in [4.78, 5) is 0. The van der Waals surface area contributed by atoms with E-state index in [1.165, 1.54) is 0 Å². The Morgan fingerprint density at radius 2 is 2.07 bits per heavy atom. The molecule has 1 heterocycles. The van der Waals surface area contributed by atoms with Crippen LogP contribution in [0.1, 0.15) is 12.7 Å². The molecule has 78 valence electrons. The van der Waals surface area contributed by atoms with Crippen molar-refractivity contribution in [2.45, 2.75) is 19.4 Å². The summed E-state index contributed by atoms with van der Waals surface area (Å²) in [5.41, 5.74) is 7.62. The molecule has 3 heteroatoms. The topological polar surface area (TPSA) is 52.0 Å². The molecule has 0 aliphatic rings. The zero-order chi connectivity index (χ0) is 10.7. The molecule has 2 aromatic rings. The molecule has 0 aliphatic heterocycles. The SMILES string of the molecule is CC(N)Cc1cc(-c2ccccc2)no1. The molecule has 0 aliphatic carbocycles. The minimum Gasteiger partial charge on any atom is -0.361 e. The van der Waals surface area contributed by atoms with Crippen LogP contribution in [-0.4, -0.2) is 11.2 Å². The summed E-state index contributed by atoms with van der Waals surface area (Å²) in [5, 5.41) is 4.01. The maximum absolute atomic E-state index is 5.68. The lowest BCUT2D eigenvalue weighted by Gasteiger charge is -1.97. The standard InChI is InChI=1S/C12H14N2O/c1-9(13)7-11-8-12(14-15-11)10-5-3-2-4-6-10/h2-6,8-9H,7,13H2,1H3. The minimum absolute atomic E-state index is 0.0987. The van der Waals surface area contributed by atoms with Gasteiger partial charge in [0.25, 0.3) is 0 Å². The Hall–Kier alpha value is -1.61. The van der Waals surface area contributed by atoms with Gasteiger partial charge < -0.3 is 10.3 Å². The molecule has 1 atom stereocenters. The van der Waals surface area contributed by atoms with E-state index in [1.807, 2.05) is 43.3 Å². The van der Waals surface area contributed by atoms with Crippen molar-refractivity contribution < 1.29 is 4.52 Å². The van der Waals surface area contributed by atoms with E-state index >= 15 is 0 Å². The van der Waals surface area contributed by atoms with Crippen molar-refractivity contribution in [1.29, 1.82) is 0 Å². The van der Waals surface area contributed by atoms with E-state index in [1.54, 1.807) is 0 Å². The largest absolute Gasteiger partial charge is 0.361 e. The normalized spacial score (nSPS) is 12.7. The summed E-state index contributed by atoms with van der Waals surface area (Å²) in [6.45, 7) is 1.95. The first-order chi connectivity index (χ1) is 7.25. The van der Waals surface area contributed by atoms with Crippen molar-refractivity contribution in [3.05, 3.63) is 42.2 Å². The number of hydrogen-bond acceptors (Lipinski definition) is 3. The molecule has 1 aromatic heterocycles. The third kappa shape index (κ3) is 2.44. The van der Waals surface area contributed by atoms with E-state index in [0.717, 1.165) is 23.4 Å². The van der Waals surface area contributed by atoms with Crippen molar-refractivity contribution in [2.24, 2.45) is 5.73 Å². The summed E-state index contributed by atoms with van der Waals surface area (Å²) < 4.78 is 5.20. The zero-order valence-electron chi connectivity index (χ0n) is 8.68. The van der Waals surface area contributed by atoms with Crippen LogP contribution < -0.4 is 5.73 Å². The van der Waals surface area contributed by atoms with Crippen molar-refractivity contribution in [2.75, 3.05) is 0 Å². The average molecular weight is 202 g/mol. The van der Waals surface area contributed by atoms with Gasteiger partial charge in [-0.1, -0.05) is 35.5 Å². The second-order valence-electron chi connectivity index (χ2n) is 3.73. The molecular formula is C12H14N2O. The van der Waals surface area contributed by atoms with Crippen LogP contribution in [0.2, 0.25) is 0 Å². The third-order valence-corrected chi connectivity index (χ3v) is 2.15. The molecule has 1 aromatic carbocycles. The van der Waals surface area contributed by atoms with Gasteiger partial charge in [0.2, 0.25) is 0 Å². The predicted octanol–water partition coefficient (Wildman–Crippen LogP) is 2.23. The molecule has 0 spiro atoms. The van der Waals surface area contributed by atoms with Gasteiger partial charge in [-0.25, -0.2) is 0 Å². The van der Waals surface area contributed by atoms with Gasteiger partial charge in [0, 0.05) is 24.1 Å². The number of nitrogens with zero attached hydrogens (tertiary/aromatic N) is 1. The van der Waals surface area contributed by atoms with Gasteiger partial charge in [0.05, 0.1) is 0 Å². The molecule has 0 saturated carbocycles. The smallest absolute Gasteiger partial charge is 0.138 e. The quantitative estimate of drug-likeness (QED) is 0.830. The molecule has 15 heavy (non-hydrogen) atoms. The molecule has 2 N–H and O–H groups in total. The van der Waals surface area contributed by atoms with Crippen molar-refractivity contribution >= 4 is 0 Å². The number of benzene rings is 1. The Balaban J connectivity index is 2.21. The molecule has 1 unspecified atom stereocenters. The Labute approximate surface area is 88.9 Å². The highest BCUT2D eigenvalue weighted by Crippen LogP contribution is 2.18. The van der Waals surface area contributed by atoms with Gasteiger partial charge in [-0.05, 0) is 6.92 Å². The van der Waals surface area contributed by atoms with E-state index in [2.05, 4.69) is 5.16 Å². The zero-order valence-corrected chi connectivity index (χ0v) is 8.68. The van der Waals surface area contributed by atoms with Gasteiger partial charge in [-0.15, -0.1) is 0 Å². The van der Waals surface area contributed by atoms with Crippen LogP contribution in [0.4, 0.5) is 0 Å². The Kier molecular flexibility index (Phi) is 2.83. The fourth-order valence-electron chi connectivity index (χ4n) is 1.47. The molecular weight excluding hydrogens is 188 g/mol. The van der Waals surface area contributed by atoms with E-state index in [-0.39, 0.29) is 6.04 Å². The number of nitrogens with two attached hydrogens (primary N) is 1. The molecule has 0 radical (unpaired) electrons. The Morgan fingerprint density at radius 3 is 2.73 bits per heavy atom. The first-order valence-corrected chi connectivity index (χ1v) is 5.02. The fourth-order valence-corrected chi connectivity index (χ4v) is 1.47. The van der Waals surface area contributed by atoms with Crippen LogP contribution in [0.15, 0.2) is 40.9 Å². The van der Waals surface area contributed by atoms with Crippen LogP contribution in [0.5, 0.6) is 0 Å².